The maximum atomic E-state index is 10.8. The minimum absolute atomic E-state index is 0.145. The SMILES string of the molecule is N[C@@H](Cc1ccc(O)cc1)C(=O)[Se]. The summed E-state index contributed by atoms with van der Waals surface area (Å²) in [6, 6.07) is 6.15. The van der Waals surface area contributed by atoms with Crippen molar-refractivity contribution in [3.8, 4) is 5.75 Å². The Balaban J connectivity index is 2.64. The molecule has 0 saturated carbocycles. The summed E-state index contributed by atoms with van der Waals surface area (Å²) >= 11 is 2.36. The molecule has 0 heterocycles. The third-order valence-electron chi connectivity index (χ3n) is 1.69. The summed E-state index contributed by atoms with van der Waals surface area (Å²) in [6.07, 6.45) is 0.492. The normalized spacial score (nSPS) is 12.4. The predicted octanol–water partition coefficient (Wildman–Crippen LogP) is -0.0429. The van der Waals surface area contributed by atoms with Crippen molar-refractivity contribution in [3.05, 3.63) is 29.8 Å². The van der Waals surface area contributed by atoms with Crippen molar-refractivity contribution in [3.63, 3.8) is 0 Å². The van der Waals surface area contributed by atoms with Gasteiger partial charge in [-0.2, -0.15) is 0 Å². The first-order valence-electron chi connectivity index (χ1n) is 3.84. The van der Waals surface area contributed by atoms with Gasteiger partial charge in [-0.3, -0.25) is 0 Å². The molecule has 0 aliphatic heterocycles. The summed E-state index contributed by atoms with van der Waals surface area (Å²) in [6.45, 7) is 0. The van der Waals surface area contributed by atoms with Crippen LogP contribution in [0.25, 0.3) is 0 Å². The Kier molecular flexibility index (Phi) is 3.48. The van der Waals surface area contributed by atoms with Crippen LogP contribution in [0.4, 0.5) is 0 Å². The topological polar surface area (TPSA) is 63.3 Å². The molecule has 3 N–H and O–H groups in total. The van der Waals surface area contributed by atoms with Crippen molar-refractivity contribution < 1.29 is 9.90 Å². The van der Waals surface area contributed by atoms with Crippen LogP contribution in [0.5, 0.6) is 5.75 Å². The summed E-state index contributed by atoms with van der Waals surface area (Å²) in [7, 11) is 0. The molecule has 1 aromatic carbocycles. The van der Waals surface area contributed by atoms with Gasteiger partial charge in [-0.25, -0.2) is 0 Å². The molecule has 1 aromatic rings. The average molecular weight is 243 g/mol. The number of carbonyl (C=O) groups is 1. The van der Waals surface area contributed by atoms with Gasteiger partial charge >= 0.3 is 84.4 Å². The van der Waals surface area contributed by atoms with E-state index in [2.05, 4.69) is 16.0 Å². The third-order valence-corrected chi connectivity index (χ3v) is 2.33. The number of rotatable bonds is 3. The number of carbonyl (C=O) groups excluding carboxylic acids is 1. The van der Waals surface area contributed by atoms with E-state index in [4.69, 9.17) is 10.8 Å². The van der Waals surface area contributed by atoms with E-state index >= 15 is 0 Å². The van der Waals surface area contributed by atoms with Crippen molar-refractivity contribution in [1.82, 2.24) is 0 Å². The van der Waals surface area contributed by atoms with Crippen LogP contribution < -0.4 is 5.73 Å². The molecular formula is C9H10NO2Se. The molecule has 0 saturated heterocycles. The van der Waals surface area contributed by atoms with Crippen molar-refractivity contribution in [2.75, 3.05) is 0 Å². The Bertz CT molecular complexity index is 297. The molecule has 0 fully saturated rings. The number of benzene rings is 1. The van der Waals surface area contributed by atoms with E-state index in [1.54, 1.807) is 24.3 Å². The van der Waals surface area contributed by atoms with Crippen molar-refractivity contribution in [1.29, 1.82) is 0 Å². The van der Waals surface area contributed by atoms with Gasteiger partial charge in [-0.15, -0.1) is 0 Å². The minimum atomic E-state index is -0.496. The molecule has 69 valence electrons. The molecule has 4 heteroatoms. The average Bonchev–Trinajstić information content (AvgIpc) is 2.08. The fourth-order valence-electron chi connectivity index (χ4n) is 0.969. The van der Waals surface area contributed by atoms with Crippen LogP contribution >= 0.6 is 0 Å². The number of nitrogens with two attached hydrogens (primary N) is 1. The van der Waals surface area contributed by atoms with E-state index in [1.807, 2.05) is 0 Å². The van der Waals surface area contributed by atoms with Crippen molar-refractivity contribution in [2.45, 2.75) is 12.5 Å². The molecule has 0 bridgehead atoms. The Labute approximate surface area is 84.8 Å². The van der Waals surface area contributed by atoms with Crippen LogP contribution in [0.2, 0.25) is 0 Å². The molecule has 1 atom stereocenters. The monoisotopic (exact) mass is 244 g/mol. The molecule has 13 heavy (non-hydrogen) atoms. The van der Waals surface area contributed by atoms with Gasteiger partial charge in [0, 0.05) is 0 Å². The van der Waals surface area contributed by atoms with E-state index in [1.165, 1.54) is 0 Å². The fourth-order valence-corrected chi connectivity index (χ4v) is 1.14. The van der Waals surface area contributed by atoms with Crippen LogP contribution in [0.1, 0.15) is 5.56 Å². The number of phenols is 1. The van der Waals surface area contributed by atoms with E-state index in [0.29, 0.717) is 6.42 Å². The second kappa shape index (κ2) is 4.42. The molecule has 0 aliphatic rings. The zero-order valence-electron chi connectivity index (χ0n) is 6.93. The first kappa shape index (κ1) is 10.3. The van der Waals surface area contributed by atoms with Gasteiger partial charge in [0.2, 0.25) is 0 Å². The maximum absolute atomic E-state index is 10.8. The van der Waals surface area contributed by atoms with Crippen LogP contribution in [0.3, 0.4) is 0 Å². The first-order chi connectivity index (χ1) is 6.09. The first-order valence-corrected chi connectivity index (χ1v) is 4.69. The van der Waals surface area contributed by atoms with Gasteiger partial charge in [-0.1, -0.05) is 0 Å². The molecule has 1 rings (SSSR count). The Morgan fingerprint density at radius 2 is 2.00 bits per heavy atom. The summed E-state index contributed by atoms with van der Waals surface area (Å²) in [5, 5.41) is 9.00. The molecule has 0 aromatic heterocycles. The number of hydrogen-bond acceptors (Lipinski definition) is 3. The van der Waals surface area contributed by atoms with Gasteiger partial charge in [-0.05, 0) is 0 Å². The Morgan fingerprint density at radius 3 is 2.46 bits per heavy atom. The van der Waals surface area contributed by atoms with E-state index in [9.17, 15) is 4.79 Å². The number of aromatic hydroxyl groups is 1. The molecule has 0 unspecified atom stereocenters. The van der Waals surface area contributed by atoms with E-state index in [0.717, 1.165) is 5.56 Å². The molecular weight excluding hydrogens is 233 g/mol. The molecule has 1 radical (unpaired) electrons. The summed E-state index contributed by atoms with van der Waals surface area (Å²) in [5.74, 6) is 0.215. The molecule has 0 amide bonds. The van der Waals surface area contributed by atoms with E-state index < -0.39 is 6.04 Å². The summed E-state index contributed by atoms with van der Waals surface area (Å²) < 4.78 is -0.145. The van der Waals surface area contributed by atoms with Gasteiger partial charge in [0.1, 0.15) is 0 Å². The molecule has 0 aliphatic carbocycles. The number of hydrogen-bond donors (Lipinski definition) is 2. The van der Waals surface area contributed by atoms with Crippen molar-refractivity contribution >= 4 is 20.7 Å². The van der Waals surface area contributed by atoms with Crippen molar-refractivity contribution in [2.24, 2.45) is 5.73 Å². The quantitative estimate of drug-likeness (QED) is 0.732. The van der Waals surface area contributed by atoms with Gasteiger partial charge < -0.3 is 0 Å². The second-order valence-corrected chi connectivity index (χ2v) is 3.64. The summed E-state index contributed by atoms with van der Waals surface area (Å²) in [4.78, 5) is 10.8. The predicted molar refractivity (Wildman–Crippen MR) is 50.5 cm³/mol. The molecule has 3 nitrogen and oxygen atoms in total. The molecule has 0 spiro atoms. The van der Waals surface area contributed by atoms with Crippen LogP contribution in [-0.2, 0) is 11.2 Å². The summed E-state index contributed by atoms with van der Waals surface area (Å²) in [5.41, 5.74) is 6.48. The standard InChI is InChI=1S/C9H10NO2Se/c10-8(9(12)13)5-6-1-3-7(11)4-2-6/h1-4,8,11H,5,10H2/t8-/m0/s1. The van der Waals surface area contributed by atoms with Gasteiger partial charge in [0.05, 0.1) is 0 Å². The zero-order chi connectivity index (χ0) is 9.84. The zero-order valence-corrected chi connectivity index (χ0v) is 8.65. The third kappa shape index (κ3) is 3.19. The fraction of sp³-hybridized carbons (Fsp3) is 0.222. The van der Waals surface area contributed by atoms with Crippen LogP contribution in [0, 0.1) is 0 Å². The Morgan fingerprint density at radius 1 is 1.46 bits per heavy atom. The van der Waals surface area contributed by atoms with Crippen LogP contribution in [0.15, 0.2) is 24.3 Å². The second-order valence-electron chi connectivity index (χ2n) is 2.80. The van der Waals surface area contributed by atoms with Crippen LogP contribution in [-0.4, -0.2) is 31.8 Å². The Hall–Kier alpha value is -0.831. The van der Waals surface area contributed by atoms with Gasteiger partial charge in [0.15, 0.2) is 0 Å². The van der Waals surface area contributed by atoms with E-state index in [-0.39, 0.29) is 10.4 Å². The number of phenolic OH excluding ortho intramolecular Hbond substituents is 1. The van der Waals surface area contributed by atoms with Gasteiger partial charge in [0.25, 0.3) is 0 Å².